The summed E-state index contributed by atoms with van der Waals surface area (Å²) in [6.07, 6.45) is 1.64. The van der Waals surface area contributed by atoms with E-state index in [1.54, 1.807) is 12.3 Å². The van der Waals surface area contributed by atoms with E-state index < -0.39 is 23.1 Å². The minimum absolute atomic E-state index is 0. The average Bonchev–Trinajstić information content (AvgIpc) is 2.59. The van der Waals surface area contributed by atoms with Gasteiger partial charge in [-0.2, -0.15) is 0 Å². The van der Waals surface area contributed by atoms with Crippen LogP contribution in [-0.2, 0) is 0 Å². The second-order valence-electron chi connectivity index (χ2n) is 5.34. The zero-order chi connectivity index (χ0) is 17.1. The van der Waals surface area contributed by atoms with E-state index in [1.807, 2.05) is 6.07 Å². The molecule has 134 valence electrons. The predicted octanol–water partition coefficient (Wildman–Crippen LogP) is 3.10. The van der Waals surface area contributed by atoms with E-state index >= 15 is 0 Å². The Labute approximate surface area is 154 Å². The lowest BCUT2D eigenvalue weighted by Gasteiger charge is -2.29. The summed E-state index contributed by atoms with van der Waals surface area (Å²) in [5.74, 6) is -2.28. The van der Waals surface area contributed by atoms with Crippen molar-refractivity contribution >= 4 is 41.4 Å². The lowest BCUT2D eigenvalue weighted by Crippen LogP contribution is -2.43. The van der Waals surface area contributed by atoms with Crippen LogP contribution in [0.3, 0.4) is 0 Å². The number of anilines is 2. The number of benzene rings is 1. The first-order chi connectivity index (χ1) is 11.5. The molecule has 0 atom stereocenters. The summed E-state index contributed by atoms with van der Waals surface area (Å²) in [6.45, 7) is 3.56. The number of nitrogens with one attached hydrogen (secondary N) is 2. The minimum atomic E-state index is -0.892. The third-order valence-electron chi connectivity index (χ3n) is 3.73. The van der Waals surface area contributed by atoms with Gasteiger partial charge in [0, 0.05) is 26.2 Å². The van der Waals surface area contributed by atoms with Crippen LogP contribution < -0.4 is 15.5 Å². The number of halogens is 4. The van der Waals surface area contributed by atoms with Gasteiger partial charge in [0.05, 0.1) is 22.5 Å². The third-order valence-corrected chi connectivity index (χ3v) is 4.02. The first-order valence-electron chi connectivity index (χ1n) is 7.42. The second kappa shape index (κ2) is 8.42. The van der Waals surface area contributed by atoms with Crippen LogP contribution in [0.4, 0.5) is 20.3 Å². The lowest BCUT2D eigenvalue weighted by atomic mass is 10.2. The van der Waals surface area contributed by atoms with Gasteiger partial charge in [0.2, 0.25) is 0 Å². The molecule has 2 heterocycles. The van der Waals surface area contributed by atoms with Crippen LogP contribution in [0.1, 0.15) is 10.4 Å². The lowest BCUT2D eigenvalue weighted by molar-refractivity contribution is 0.102. The van der Waals surface area contributed by atoms with Crippen molar-refractivity contribution in [3.8, 4) is 0 Å². The third kappa shape index (κ3) is 4.56. The number of hydrogen-bond acceptors (Lipinski definition) is 4. The fraction of sp³-hybridized carbons (Fsp3) is 0.250. The maximum absolute atomic E-state index is 13.7. The summed E-state index contributed by atoms with van der Waals surface area (Å²) >= 11 is 5.47. The quantitative estimate of drug-likeness (QED) is 0.793. The van der Waals surface area contributed by atoms with Crippen LogP contribution in [0.2, 0.25) is 5.02 Å². The van der Waals surface area contributed by atoms with Gasteiger partial charge < -0.3 is 15.5 Å². The van der Waals surface area contributed by atoms with Gasteiger partial charge in [0.1, 0.15) is 17.5 Å². The van der Waals surface area contributed by atoms with Crippen molar-refractivity contribution in [3.63, 3.8) is 0 Å². The molecule has 3 rings (SSSR count). The summed E-state index contributed by atoms with van der Waals surface area (Å²) in [4.78, 5) is 18.4. The highest BCUT2D eigenvalue weighted by atomic mass is 35.5. The van der Waals surface area contributed by atoms with Crippen molar-refractivity contribution in [2.75, 3.05) is 36.4 Å². The number of aromatic nitrogens is 1. The molecule has 1 aromatic carbocycles. The van der Waals surface area contributed by atoms with Crippen LogP contribution in [0, 0.1) is 11.6 Å². The molecule has 0 spiro atoms. The number of nitrogens with zero attached hydrogens (tertiary/aromatic N) is 2. The molecule has 1 fully saturated rings. The second-order valence-corrected chi connectivity index (χ2v) is 5.75. The zero-order valence-electron chi connectivity index (χ0n) is 13.1. The number of hydrogen-bond donors (Lipinski definition) is 2. The molecule has 2 N–H and O–H groups in total. The van der Waals surface area contributed by atoms with E-state index in [0.717, 1.165) is 44.0 Å². The van der Waals surface area contributed by atoms with E-state index in [4.69, 9.17) is 11.6 Å². The van der Waals surface area contributed by atoms with Gasteiger partial charge in [-0.3, -0.25) is 4.79 Å². The van der Waals surface area contributed by atoms with E-state index in [2.05, 4.69) is 20.5 Å². The van der Waals surface area contributed by atoms with Crippen molar-refractivity contribution in [1.82, 2.24) is 10.3 Å². The van der Waals surface area contributed by atoms with Crippen molar-refractivity contribution in [3.05, 3.63) is 52.7 Å². The smallest absolute Gasteiger partial charge is 0.259 e. The van der Waals surface area contributed by atoms with Gasteiger partial charge in [-0.15, -0.1) is 12.4 Å². The number of pyridine rings is 1. The van der Waals surface area contributed by atoms with Crippen LogP contribution in [-0.4, -0.2) is 37.1 Å². The summed E-state index contributed by atoms with van der Waals surface area (Å²) in [5, 5.41) is 5.33. The highest BCUT2D eigenvalue weighted by Gasteiger charge is 2.16. The van der Waals surface area contributed by atoms with Crippen LogP contribution in [0.25, 0.3) is 0 Å². The molecule has 0 saturated carbocycles. The molecule has 0 radical (unpaired) electrons. The van der Waals surface area contributed by atoms with Crippen molar-refractivity contribution in [2.24, 2.45) is 0 Å². The van der Waals surface area contributed by atoms with Gasteiger partial charge in [0.15, 0.2) is 0 Å². The molecule has 1 saturated heterocycles. The number of carbonyl (C=O) groups excluding carboxylic acids is 1. The first kappa shape index (κ1) is 19.4. The predicted molar refractivity (Wildman–Crippen MR) is 95.9 cm³/mol. The summed E-state index contributed by atoms with van der Waals surface area (Å²) < 4.78 is 27.2. The van der Waals surface area contributed by atoms with Gasteiger partial charge in [-0.05, 0) is 24.3 Å². The molecule has 1 amide bonds. The normalized spacial score (nSPS) is 14.0. The SMILES string of the molecule is Cl.O=C(Nc1ccc(N2CCNCC2)cn1)c1cc(F)c(Cl)cc1F. The Morgan fingerprint density at radius 1 is 1.20 bits per heavy atom. The van der Waals surface area contributed by atoms with E-state index in [0.29, 0.717) is 0 Å². The van der Waals surface area contributed by atoms with Gasteiger partial charge >= 0.3 is 0 Å². The number of rotatable bonds is 3. The minimum Gasteiger partial charge on any atom is -0.368 e. The molecule has 1 aliphatic rings. The Hall–Kier alpha value is -1.96. The molecule has 0 bridgehead atoms. The summed E-state index contributed by atoms with van der Waals surface area (Å²) in [6, 6.07) is 4.99. The molecule has 1 aliphatic heterocycles. The van der Waals surface area contributed by atoms with Crippen molar-refractivity contribution < 1.29 is 13.6 Å². The molecule has 5 nitrogen and oxygen atoms in total. The average molecular weight is 389 g/mol. The maximum atomic E-state index is 13.7. The fourth-order valence-corrected chi connectivity index (χ4v) is 2.60. The molecular weight excluding hydrogens is 373 g/mol. The Morgan fingerprint density at radius 3 is 2.56 bits per heavy atom. The topological polar surface area (TPSA) is 57.3 Å². The van der Waals surface area contributed by atoms with Crippen LogP contribution in [0.5, 0.6) is 0 Å². The highest BCUT2D eigenvalue weighted by Crippen LogP contribution is 2.21. The van der Waals surface area contributed by atoms with Gasteiger partial charge in [-0.1, -0.05) is 11.6 Å². The van der Waals surface area contributed by atoms with E-state index in [1.165, 1.54) is 0 Å². The monoisotopic (exact) mass is 388 g/mol. The summed E-state index contributed by atoms with van der Waals surface area (Å²) in [7, 11) is 0. The molecule has 1 aromatic heterocycles. The largest absolute Gasteiger partial charge is 0.368 e. The molecule has 2 aromatic rings. The molecular formula is C16H16Cl2F2N4O. The van der Waals surface area contributed by atoms with Crippen LogP contribution >= 0.6 is 24.0 Å². The van der Waals surface area contributed by atoms with Crippen molar-refractivity contribution in [2.45, 2.75) is 0 Å². The van der Waals surface area contributed by atoms with Gasteiger partial charge in [-0.25, -0.2) is 13.8 Å². The molecule has 0 unspecified atom stereocenters. The standard InChI is InChI=1S/C16H15ClF2N4O.ClH/c17-12-8-13(18)11(7-14(12)19)16(24)22-15-2-1-10(9-21-15)23-5-3-20-4-6-23;/h1-2,7-9,20H,3-6H2,(H,21,22,24);1H. The number of amides is 1. The van der Waals surface area contributed by atoms with Crippen molar-refractivity contribution in [1.29, 1.82) is 0 Å². The molecule has 9 heteroatoms. The zero-order valence-corrected chi connectivity index (χ0v) is 14.6. The molecule has 25 heavy (non-hydrogen) atoms. The van der Waals surface area contributed by atoms with Crippen LogP contribution in [0.15, 0.2) is 30.5 Å². The Bertz CT molecular complexity index is 753. The Balaban J connectivity index is 0.00000225. The van der Waals surface area contributed by atoms with E-state index in [-0.39, 0.29) is 23.2 Å². The van der Waals surface area contributed by atoms with Gasteiger partial charge in [0.25, 0.3) is 5.91 Å². The molecule has 0 aliphatic carbocycles. The first-order valence-corrected chi connectivity index (χ1v) is 7.80. The number of carbonyl (C=O) groups is 1. The number of piperazine rings is 1. The fourth-order valence-electron chi connectivity index (χ4n) is 2.45. The maximum Gasteiger partial charge on any atom is 0.259 e. The van der Waals surface area contributed by atoms with E-state index in [9.17, 15) is 13.6 Å². The highest BCUT2D eigenvalue weighted by molar-refractivity contribution is 6.30. The Kier molecular flexibility index (Phi) is 6.52. The Morgan fingerprint density at radius 2 is 1.92 bits per heavy atom. The summed E-state index contributed by atoms with van der Waals surface area (Å²) in [5.41, 5.74) is 0.517.